The Kier molecular flexibility index (Phi) is 6.70. The lowest BCUT2D eigenvalue weighted by Crippen LogP contribution is -2.24. The Balaban J connectivity index is 1.63. The van der Waals surface area contributed by atoms with Crippen LogP contribution in [0, 0.1) is 18.6 Å². The lowest BCUT2D eigenvalue weighted by Gasteiger charge is -2.16. The van der Waals surface area contributed by atoms with E-state index >= 15 is 4.39 Å². The summed E-state index contributed by atoms with van der Waals surface area (Å²) >= 11 is 0. The molecule has 1 aliphatic carbocycles. The number of nitrogens with zero attached hydrogens (tertiary/aromatic N) is 3. The highest BCUT2D eigenvalue weighted by Crippen LogP contribution is 2.41. The van der Waals surface area contributed by atoms with Gasteiger partial charge >= 0.3 is 0 Å². The molecule has 0 atom stereocenters. The van der Waals surface area contributed by atoms with Crippen LogP contribution in [0.5, 0.6) is 0 Å². The number of aromatic nitrogens is 3. The van der Waals surface area contributed by atoms with E-state index in [4.69, 9.17) is 0 Å². The summed E-state index contributed by atoms with van der Waals surface area (Å²) in [5.41, 5.74) is 1.48. The van der Waals surface area contributed by atoms with Crippen LogP contribution in [-0.4, -0.2) is 21.5 Å². The van der Waals surface area contributed by atoms with Crippen molar-refractivity contribution in [2.45, 2.75) is 30.7 Å². The Hall–Kier alpha value is -5.09. The molecule has 0 bridgehead atoms. The monoisotopic (exact) mass is 623 g/mol. The van der Waals surface area contributed by atoms with Crippen LogP contribution in [0.2, 0.25) is 0 Å². The third-order valence-corrected chi connectivity index (χ3v) is 10.0. The zero-order chi connectivity index (χ0) is 31.6. The Labute approximate surface area is 257 Å². The van der Waals surface area contributed by atoms with Crippen LogP contribution < -0.4 is 11.1 Å². The summed E-state index contributed by atoms with van der Waals surface area (Å²) in [6.07, 6.45) is 5.12. The molecular weight excluding hydrogens is 596 g/mol. The molecule has 3 aromatic carbocycles. The molecule has 0 aliphatic heterocycles. The first-order chi connectivity index (χ1) is 21.6. The molecule has 7 nitrogen and oxygen atoms in total. The molecule has 45 heavy (non-hydrogen) atoms. The number of fused-ring (bicyclic) bond motifs is 1. The highest BCUT2D eigenvalue weighted by Gasteiger charge is 2.31. The SMILES string of the molecule is Cc1ccc(S(=O)(=O)n2c(-c3cccc(F)c3F)cc3c(-c4cc(=O)n(C5CC5)cc4-c4ccccc4)cn(C)c(=O)c32)cc1. The molecule has 7 rings (SSSR count). The fraction of sp³-hybridized carbons (Fsp3) is 0.143. The number of benzene rings is 3. The van der Waals surface area contributed by atoms with Crippen LogP contribution in [-0.2, 0) is 17.1 Å². The van der Waals surface area contributed by atoms with Gasteiger partial charge in [-0.05, 0) is 61.2 Å². The van der Waals surface area contributed by atoms with Crippen LogP contribution in [0.1, 0.15) is 24.4 Å². The molecule has 0 N–H and O–H groups in total. The molecular formula is C35H27F2N3O4S. The molecule has 0 amide bonds. The van der Waals surface area contributed by atoms with Crippen LogP contribution in [0.25, 0.3) is 44.4 Å². The Bertz CT molecular complexity index is 2370. The molecule has 0 saturated heterocycles. The van der Waals surface area contributed by atoms with Gasteiger partial charge in [-0.3, -0.25) is 9.59 Å². The molecule has 3 aromatic heterocycles. The third-order valence-electron chi connectivity index (χ3n) is 8.28. The number of hydrogen-bond acceptors (Lipinski definition) is 4. The van der Waals surface area contributed by atoms with Crippen LogP contribution in [0.15, 0.2) is 112 Å². The first-order valence-corrected chi connectivity index (χ1v) is 15.8. The van der Waals surface area contributed by atoms with Crippen LogP contribution in [0.4, 0.5) is 8.78 Å². The zero-order valence-corrected chi connectivity index (χ0v) is 25.2. The van der Waals surface area contributed by atoms with Crippen molar-refractivity contribution in [3.05, 3.63) is 135 Å². The minimum atomic E-state index is -4.52. The lowest BCUT2D eigenvalue weighted by molar-refractivity contribution is 0.510. The molecule has 0 spiro atoms. The molecule has 1 saturated carbocycles. The van der Waals surface area contributed by atoms with Gasteiger partial charge in [-0.1, -0.05) is 54.1 Å². The van der Waals surface area contributed by atoms with Crippen molar-refractivity contribution in [1.82, 2.24) is 13.1 Å². The standard InChI is InChI=1S/C35H27F2N3O4S/c1-21-11-15-24(16-12-21)45(43,44)40-31(25-9-6-10-30(36)33(25)37)17-27-29(19-38(2)35(42)34(27)40)26-18-32(41)39(23-13-14-23)20-28(26)22-7-4-3-5-8-22/h3-12,15-20,23H,13-14H2,1-2H3. The predicted molar refractivity (Wildman–Crippen MR) is 170 cm³/mol. The number of aryl methyl sites for hydroxylation is 2. The van der Waals surface area contributed by atoms with E-state index in [1.54, 1.807) is 36.0 Å². The van der Waals surface area contributed by atoms with Crippen molar-refractivity contribution in [3.63, 3.8) is 0 Å². The predicted octanol–water partition coefficient (Wildman–Crippen LogP) is 6.66. The Morgan fingerprint density at radius 1 is 0.778 bits per heavy atom. The molecule has 0 unspecified atom stereocenters. The van der Waals surface area contributed by atoms with Crippen LogP contribution >= 0.6 is 0 Å². The van der Waals surface area contributed by atoms with Gasteiger partial charge in [-0.25, -0.2) is 21.2 Å². The van der Waals surface area contributed by atoms with Gasteiger partial charge in [-0.2, -0.15) is 0 Å². The first-order valence-electron chi connectivity index (χ1n) is 14.4. The third kappa shape index (κ3) is 4.73. The van der Waals surface area contributed by atoms with E-state index in [-0.39, 0.29) is 38.7 Å². The quantitative estimate of drug-likeness (QED) is 0.208. The fourth-order valence-electron chi connectivity index (χ4n) is 5.82. The highest BCUT2D eigenvalue weighted by molar-refractivity contribution is 7.90. The molecule has 3 heterocycles. The zero-order valence-electron chi connectivity index (χ0n) is 24.4. The van der Waals surface area contributed by atoms with Gasteiger partial charge in [0, 0.05) is 53.6 Å². The van der Waals surface area contributed by atoms with Crippen molar-refractivity contribution < 1.29 is 17.2 Å². The summed E-state index contributed by atoms with van der Waals surface area (Å²) < 4.78 is 62.4. The summed E-state index contributed by atoms with van der Waals surface area (Å²) in [5.74, 6) is -2.42. The van der Waals surface area contributed by atoms with Crippen molar-refractivity contribution in [3.8, 4) is 33.5 Å². The first kappa shape index (κ1) is 28.7. The number of halogens is 2. The smallest absolute Gasteiger partial charge is 0.275 e. The second-order valence-electron chi connectivity index (χ2n) is 11.4. The van der Waals surface area contributed by atoms with E-state index < -0.39 is 27.2 Å². The number of hydrogen-bond donors (Lipinski definition) is 0. The average Bonchev–Trinajstić information content (AvgIpc) is 3.79. The van der Waals surface area contributed by atoms with E-state index in [1.807, 2.05) is 30.3 Å². The molecule has 1 fully saturated rings. The maximum Gasteiger partial charge on any atom is 0.275 e. The van der Waals surface area contributed by atoms with E-state index in [0.29, 0.717) is 16.7 Å². The van der Waals surface area contributed by atoms with Crippen molar-refractivity contribution in [2.75, 3.05) is 0 Å². The van der Waals surface area contributed by atoms with E-state index in [0.717, 1.165) is 34.0 Å². The van der Waals surface area contributed by atoms with Gasteiger partial charge in [0.05, 0.1) is 10.6 Å². The lowest BCUT2D eigenvalue weighted by atomic mass is 9.95. The Morgan fingerprint density at radius 3 is 2.18 bits per heavy atom. The van der Waals surface area contributed by atoms with Crippen LogP contribution in [0.3, 0.4) is 0 Å². The van der Waals surface area contributed by atoms with Gasteiger partial charge in [0.2, 0.25) is 0 Å². The second-order valence-corrected chi connectivity index (χ2v) is 13.2. The fourth-order valence-corrected chi connectivity index (χ4v) is 7.33. The summed E-state index contributed by atoms with van der Waals surface area (Å²) in [4.78, 5) is 27.2. The molecule has 0 radical (unpaired) electrons. The largest absolute Gasteiger partial charge is 0.316 e. The molecule has 10 heteroatoms. The minimum absolute atomic E-state index is 0.0949. The van der Waals surface area contributed by atoms with Gasteiger partial charge in [0.25, 0.3) is 21.1 Å². The average molecular weight is 624 g/mol. The highest BCUT2D eigenvalue weighted by atomic mass is 32.2. The molecule has 6 aromatic rings. The molecule has 226 valence electrons. The maximum absolute atomic E-state index is 15.4. The van der Waals surface area contributed by atoms with E-state index in [1.165, 1.54) is 48.0 Å². The Morgan fingerprint density at radius 2 is 1.49 bits per heavy atom. The summed E-state index contributed by atoms with van der Waals surface area (Å²) in [5, 5.41) is 0.174. The summed E-state index contributed by atoms with van der Waals surface area (Å²) in [6.45, 7) is 1.80. The van der Waals surface area contributed by atoms with Gasteiger partial charge in [-0.15, -0.1) is 0 Å². The molecule has 1 aliphatic rings. The van der Waals surface area contributed by atoms with E-state index in [2.05, 4.69) is 0 Å². The van der Waals surface area contributed by atoms with Crippen molar-refractivity contribution in [2.24, 2.45) is 7.05 Å². The van der Waals surface area contributed by atoms with Gasteiger partial charge in [0.15, 0.2) is 11.6 Å². The minimum Gasteiger partial charge on any atom is -0.316 e. The van der Waals surface area contributed by atoms with Crippen molar-refractivity contribution >= 4 is 20.9 Å². The number of rotatable bonds is 6. The van der Waals surface area contributed by atoms with E-state index in [9.17, 15) is 22.4 Å². The second kappa shape index (κ2) is 10.5. The normalized spacial score (nSPS) is 13.4. The van der Waals surface area contributed by atoms with Crippen molar-refractivity contribution in [1.29, 1.82) is 0 Å². The topological polar surface area (TPSA) is 83.1 Å². The summed E-state index contributed by atoms with van der Waals surface area (Å²) in [7, 11) is -3.03. The number of pyridine rings is 2. The summed E-state index contributed by atoms with van der Waals surface area (Å²) in [6, 6.07) is 21.9. The van der Waals surface area contributed by atoms with Gasteiger partial charge < -0.3 is 9.13 Å². The maximum atomic E-state index is 15.4. The van der Waals surface area contributed by atoms with Gasteiger partial charge in [0.1, 0.15) is 5.52 Å².